The first-order valence-corrected chi connectivity index (χ1v) is 9.85. The molecule has 1 aliphatic heterocycles. The van der Waals surface area contributed by atoms with Crippen LogP contribution in [0.1, 0.15) is 21.7 Å². The first-order valence-electron chi connectivity index (χ1n) is 9.85. The molecule has 10 nitrogen and oxygen atoms in total. The highest BCUT2D eigenvalue weighted by Gasteiger charge is 2.33. The van der Waals surface area contributed by atoms with E-state index in [0.717, 1.165) is 33.8 Å². The van der Waals surface area contributed by atoms with Gasteiger partial charge in [0.25, 0.3) is 5.91 Å². The van der Waals surface area contributed by atoms with Crippen LogP contribution in [0, 0.1) is 6.92 Å². The fourth-order valence-electron chi connectivity index (χ4n) is 4.02. The number of aryl methyl sites for hydroxylation is 1. The Morgan fingerprint density at radius 2 is 2.10 bits per heavy atom. The standard InChI is InChI=1S/C21H17N9O/c1-13-3-2-4-18(26-13)30-20(14-5-6-17-22-12-25-29(17)11-14)16-7-8-28(15-9-23-24-10-15)21(31)19(16)27-30/h2-6,9-12H,7-8H2,1H3,(H,23,24). The quantitative estimate of drug-likeness (QED) is 0.487. The summed E-state index contributed by atoms with van der Waals surface area (Å²) < 4.78 is 3.47. The number of fused-ring (bicyclic) bond motifs is 2. The normalized spacial score (nSPS) is 13.7. The summed E-state index contributed by atoms with van der Waals surface area (Å²) in [6.07, 6.45) is 7.42. The Hall–Kier alpha value is -4.34. The Bertz CT molecular complexity index is 1430. The topological polar surface area (TPSA) is 110 Å². The number of nitrogens with zero attached hydrogens (tertiary/aromatic N) is 8. The van der Waals surface area contributed by atoms with Crippen LogP contribution in [-0.2, 0) is 6.42 Å². The Kier molecular flexibility index (Phi) is 3.72. The maximum Gasteiger partial charge on any atom is 0.279 e. The van der Waals surface area contributed by atoms with Crippen LogP contribution in [0.5, 0.6) is 0 Å². The molecule has 0 radical (unpaired) electrons. The molecule has 5 aromatic rings. The van der Waals surface area contributed by atoms with Crippen molar-refractivity contribution in [3.8, 4) is 17.1 Å². The number of carbonyl (C=O) groups excluding carboxylic acids is 1. The van der Waals surface area contributed by atoms with E-state index < -0.39 is 0 Å². The van der Waals surface area contributed by atoms with Crippen LogP contribution in [-0.4, -0.2) is 52.0 Å². The van der Waals surface area contributed by atoms with Crippen molar-refractivity contribution >= 4 is 17.2 Å². The average molecular weight is 411 g/mol. The van der Waals surface area contributed by atoms with Gasteiger partial charge in [-0.05, 0) is 37.6 Å². The third-order valence-corrected chi connectivity index (χ3v) is 5.45. The fraction of sp³-hybridized carbons (Fsp3) is 0.143. The molecule has 1 amide bonds. The molecule has 152 valence electrons. The maximum atomic E-state index is 13.3. The minimum absolute atomic E-state index is 0.155. The van der Waals surface area contributed by atoms with Gasteiger partial charge in [0.05, 0.1) is 17.6 Å². The maximum absolute atomic E-state index is 13.3. The smallest absolute Gasteiger partial charge is 0.279 e. The number of nitrogens with one attached hydrogen (secondary N) is 1. The third kappa shape index (κ3) is 2.72. The molecule has 10 heteroatoms. The summed E-state index contributed by atoms with van der Waals surface area (Å²) in [5.41, 5.74) is 5.39. The van der Waals surface area contributed by atoms with Gasteiger partial charge in [-0.15, -0.1) is 0 Å². The van der Waals surface area contributed by atoms with Crippen LogP contribution in [0.25, 0.3) is 22.7 Å². The number of aromatic nitrogens is 8. The van der Waals surface area contributed by atoms with Gasteiger partial charge in [0.2, 0.25) is 0 Å². The molecule has 0 bridgehead atoms. The molecular formula is C21H17N9O. The van der Waals surface area contributed by atoms with Crippen molar-refractivity contribution in [3.05, 3.63) is 72.2 Å². The zero-order chi connectivity index (χ0) is 20.9. The van der Waals surface area contributed by atoms with Crippen LogP contribution in [0.4, 0.5) is 5.69 Å². The number of rotatable bonds is 3. The summed E-state index contributed by atoms with van der Waals surface area (Å²) in [6.45, 7) is 2.47. The molecule has 0 saturated carbocycles. The number of anilines is 1. The molecule has 1 aliphatic rings. The largest absolute Gasteiger partial charge is 0.304 e. The number of H-pyrrole nitrogens is 1. The van der Waals surface area contributed by atoms with E-state index in [2.05, 4.69) is 25.3 Å². The van der Waals surface area contributed by atoms with Crippen molar-refractivity contribution in [2.24, 2.45) is 0 Å². The lowest BCUT2D eigenvalue weighted by atomic mass is 10.00. The summed E-state index contributed by atoms with van der Waals surface area (Å²) in [4.78, 5) is 23.9. The molecule has 0 saturated heterocycles. The van der Waals surface area contributed by atoms with Gasteiger partial charge >= 0.3 is 0 Å². The van der Waals surface area contributed by atoms with E-state index in [4.69, 9.17) is 5.10 Å². The molecule has 5 aromatic heterocycles. The van der Waals surface area contributed by atoms with E-state index in [0.29, 0.717) is 24.5 Å². The minimum Gasteiger partial charge on any atom is -0.304 e. The van der Waals surface area contributed by atoms with Crippen LogP contribution >= 0.6 is 0 Å². The highest BCUT2D eigenvalue weighted by Crippen LogP contribution is 2.33. The van der Waals surface area contributed by atoms with Gasteiger partial charge in [-0.25, -0.2) is 19.2 Å². The van der Waals surface area contributed by atoms with Gasteiger partial charge < -0.3 is 4.90 Å². The van der Waals surface area contributed by atoms with Gasteiger partial charge in [-0.2, -0.15) is 15.3 Å². The summed E-state index contributed by atoms with van der Waals surface area (Å²) in [5.74, 6) is 0.503. The lowest BCUT2D eigenvalue weighted by molar-refractivity contribution is 0.0975. The monoisotopic (exact) mass is 411 g/mol. The molecule has 0 unspecified atom stereocenters. The SMILES string of the molecule is Cc1cccc(-n2nc3c(c2-c2ccc4ncnn4c2)CCN(c2cn[nH]c2)C3=O)n1. The van der Waals surface area contributed by atoms with Crippen molar-refractivity contribution in [2.45, 2.75) is 13.3 Å². The van der Waals surface area contributed by atoms with Crippen LogP contribution in [0.3, 0.4) is 0 Å². The van der Waals surface area contributed by atoms with Crippen LogP contribution in [0.2, 0.25) is 0 Å². The second kappa shape index (κ2) is 6.59. The van der Waals surface area contributed by atoms with Gasteiger partial charge in [0.15, 0.2) is 17.2 Å². The molecule has 1 N–H and O–H groups in total. The molecule has 0 fully saturated rings. The highest BCUT2D eigenvalue weighted by atomic mass is 16.2. The second-order valence-corrected chi connectivity index (χ2v) is 7.37. The first-order chi connectivity index (χ1) is 15.2. The summed E-state index contributed by atoms with van der Waals surface area (Å²) in [7, 11) is 0. The predicted molar refractivity (Wildman–Crippen MR) is 112 cm³/mol. The molecule has 0 aromatic carbocycles. The van der Waals surface area contributed by atoms with Gasteiger partial charge in [-0.1, -0.05) is 6.07 Å². The van der Waals surface area contributed by atoms with Crippen LogP contribution < -0.4 is 4.90 Å². The highest BCUT2D eigenvalue weighted by molar-refractivity contribution is 6.07. The summed E-state index contributed by atoms with van der Waals surface area (Å²) >= 11 is 0. The van der Waals surface area contributed by atoms with E-state index in [1.807, 2.05) is 43.5 Å². The molecule has 0 atom stereocenters. The molecule has 0 spiro atoms. The van der Waals surface area contributed by atoms with Gasteiger partial charge in [-0.3, -0.25) is 9.89 Å². The molecule has 6 heterocycles. The first kappa shape index (κ1) is 17.5. The van der Waals surface area contributed by atoms with E-state index in [1.165, 1.54) is 6.33 Å². The van der Waals surface area contributed by atoms with Crippen molar-refractivity contribution in [2.75, 3.05) is 11.4 Å². The fourth-order valence-corrected chi connectivity index (χ4v) is 4.02. The number of pyridine rings is 2. The lowest BCUT2D eigenvalue weighted by Crippen LogP contribution is -2.37. The van der Waals surface area contributed by atoms with E-state index in [9.17, 15) is 4.79 Å². The van der Waals surface area contributed by atoms with Gasteiger partial charge in [0.1, 0.15) is 6.33 Å². The zero-order valence-corrected chi connectivity index (χ0v) is 16.6. The van der Waals surface area contributed by atoms with Crippen molar-refractivity contribution in [3.63, 3.8) is 0 Å². The number of carbonyl (C=O) groups is 1. The van der Waals surface area contributed by atoms with Crippen molar-refractivity contribution in [1.29, 1.82) is 0 Å². The predicted octanol–water partition coefficient (Wildman–Crippen LogP) is 2.21. The molecule has 0 aliphatic carbocycles. The van der Waals surface area contributed by atoms with Crippen molar-refractivity contribution < 1.29 is 4.79 Å². The Labute approximate surface area is 176 Å². The number of hydrogen-bond acceptors (Lipinski definition) is 6. The Morgan fingerprint density at radius 3 is 2.94 bits per heavy atom. The minimum atomic E-state index is -0.155. The average Bonchev–Trinajstić information content (AvgIpc) is 3.52. The van der Waals surface area contributed by atoms with E-state index in [1.54, 1.807) is 26.5 Å². The molecule has 6 rings (SSSR count). The third-order valence-electron chi connectivity index (χ3n) is 5.45. The van der Waals surface area contributed by atoms with E-state index >= 15 is 0 Å². The van der Waals surface area contributed by atoms with E-state index in [-0.39, 0.29) is 5.91 Å². The molecule has 31 heavy (non-hydrogen) atoms. The number of aromatic amines is 1. The summed E-state index contributed by atoms with van der Waals surface area (Å²) in [6, 6.07) is 9.63. The van der Waals surface area contributed by atoms with Gasteiger partial charge in [0, 0.05) is 35.8 Å². The van der Waals surface area contributed by atoms with Crippen LogP contribution in [0.15, 0.2) is 55.2 Å². The summed E-state index contributed by atoms with van der Waals surface area (Å²) in [5, 5.41) is 15.7. The second-order valence-electron chi connectivity index (χ2n) is 7.37. The zero-order valence-electron chi connectivity index (χ0n) is 16.6. The number of amides is 1. The Morgan fingerprint density at radius 1 is 1.16 bits per heavy atom. The number of hydrogen-bond donors (Lipinski definition) is 1. The lowest BCUT2D eigenvalue weighted by Gasteiger charge is -2.24. The van der Waals surface area contributed by atoms with Crippen molar-refractivity contribution in [1.82, 2.24) is 39.6 Å². The Balaban J connectivity index is 1.57. The molecular weight excluding hydrogens is 394 g/mol.